The summed E-state index contributed by atoms with van der Waals surface area (Å²) in [5.74, 6) is 0.729. The lowest BCUT2D eigenvalue weighted by molar-refractivity contribution is -0.137. The lowest BCUT2D eigenvalue weighted by Crippen LogP contribution is -2.09. The minimum atomic E-state index is -0.727. The summed E-state index contributed by atoms with van der Waals surface area (Å²) >= 11 is 5.13. The highest BCUT2D eigenvalue weighted by atomic mass is 79.9. The molecule has 1 aromatic rings. The van der Waals surface area contributed by atoms with Crippen molar-refractivity contribution in [3.8, 4) is 5.75 Å². The molecule has 1 unspecified atom stereocenters. The van der Waals surface area contributed by atoms with Gasteiger partial charge in [0.1, 0.15) is 5.75 Å². The van der Waals surface area contributed by atoms with Gasteiger partial charge in [-0.1, -0.05) is 0 Å². The maximum Gasteiger partial charge on any atom is 0.303 e. The lowest BCUT2D eigenvalue weighted by Gasteiger charge is -2.18. The van der Waals surface area contributed by atoms with E-state index in [-0.39, 0.29) is 12.3 Å². The van der Waals surface area contributed by atoms with Crippen molar-refractivity contribution in [1.82, 2.24) is 0 Å². The quantitative estimate of drug-likeness (QED) is 0.787. The van der Waals surface area contributed by atoms with Crippen LogP contribution in [0.4, 0.5) is 0 Å². The molecule has 1 atom stereocenters. The van der Waals surface area contributed by atoms with Crippen molar-refractivity contribution in [2.24, 2.45) is 5.92 Å². The SMILES string of the molecule is COc1c(Br)cc(C(CC(=O)O)C2CC2)cc1SC. The molecule has 2 rings (SSSR count). The Kier molecular flexibility index (Phi) is 4.79. The highest BCUT2D eigenvalue weighted by Crippen LogP contribution is 2.47. The molecule has 5 heteroatoms. The Morgan fingerprint density at radius 3 is 2.74 bits per heavy atom. The maximum absolute atomic E-state index is 11.0. The van der Waals surface area contributed by atoms with Gasteiger partial charge < -0.3 is 9.84 Å². The largest absolute Gasteiger partial charge is 0.494 e. The van der Waals surface area contributed by atoms with Crippen LogP contribution >= 0.6 is 27.7 Å². The molecule has 0 spiro atoms. The normalized spacial score (nSPS) is 16.2. The number of aliphatic carboxylic acids is 1. The van der Waals surface area contributed by atoms with Gasteiger partial charge in [-0.2, -0.15) is 0 Å². The van der Waals surface area contributed by atoms with Crippen molar-refractivity contribution in [1.29, 1.82) is 0 Å². The number of carboxylic acids is 1. The van der Waals surface area contributed by atoms with Gasteiger partial charge in [0, 0.05) is 0 Å². The Labute approximate surface area is 125 Å². The van der Waals surface area contributed by atoms with Crippen LogP contribution in [0.1, 0.15) is 30.7 Å². The molecule has 0 amide bonds. The second kappa shape index (κ2) is 6.18. The van der Waals surface area contributed by atoms with Crippen LogP contribution < -0.4 is 4.74 Å². The third kappa shape index (κ3) is 3.45. The van der Waals surface area contributed by atoms with E-state index in [0.29, 0.717) is 5.92 Å². The first-order valence-electron chi connectivity index (χ1n) is 6.20. The van der Waals surface area contributed by atoms with Crippen LogP contribution in [0.5, 0.6) is 5.75 Å². The number of hydrogen-bond donors (Lipinski definition) is 1. The molecule has 3 nitrogen and oxygen atoms in total. The Morgan fingerprint density at radius 1 is 1.58 bits per heavy atom. The predicted octanol–water partition coefficient (Wildman–Crippen LogP) is 4.15. The van der Waals surface area contributed by atoms with Crippen molar-refractivity contribution in [3.05, 3.63) is 22.2 Å². The second-order valence-corrected chi connectivity index (χ2v) is 6.48. The molecule has 1 aliphatic carbocycles. The van der Waals surface area contributed by atoms with E-state index >= 15 is 0 Å². The molecule has 19 heavy (non-hydrogen) atoms. The summed E-state index contributed by atoms with van der Waals surface area (Å²) in [7, 11) is 1.65. The zero-order chi connectivity index (χ0) is 14.0. The number of thioether (sulfide) groups is 1. The number of halogens is 1. The van der Waals surface area contributed by atoms with Crippen LogP contribution in [0, 0.1) is 5.92 Å². The smallest absolute Gasteiger partial charge is 0.303 e. The molecule has 0 saturated heterocycles. The number of ether oxygens (including phenoxy) is 1. The van der Waals surface area contributed by atoms with E-state index in [1.165, 1.54) is 0 Å². The minimum Gasteiger partial charge on any atom is -0.494 e. The van der Waals surface area contributed by atoms with Crippen LogP contribution in [0.2, 0.25) is 0 Å². The van der Waals surface area contributed by atoms with Gasteiger partial charge in [-0.05, 0) is 64.6 Å². The summed E-state index contributed by atoms with van der Waals surface area (Å²) in [5, 5.41) is 9.08. The number of methoxy groups -OCH3 is 1. The van der Waals surface area contributed by atoms with Gasteiger partial charge >= 0.3 is 5.97 Å². The standard InChI is InChI=1S/C14H17BrO3S/c1-18-14-11(15)5-9(6-12(14)19-2)10(7-13(16)17)8-3-4-8/h5-6,8,10H,3-4,7H2,1-2H3,(H,16,17). The van der Waals surface area contributed by atoms with Gasteiger partial charge in [-0.25, -0.2) is 0 Å². The topological polar surface area (TPSA) is 46.5 Å². The van der Waals surface area contributed by atoms with Gasteiger partial charge in [-0.15, -0.1) is 11.8 Å². The van der Waals surface area contributed by atoms with Gasteiger partial charge in [0.15, 0.2) is 0 Å². The van der Waals surface area contributed by atoms with Crippen LogP contribution in [-0.2, 0) is 4.79 Å². The summed E-state index contributed by atoms with van der Waals surface area (Å²) in [6.45, 7) is 0. The summed E-state index contributed by atoms with van der Waals surface area (Å²) in [6, 6.07) is 4.07. The average Bonchev–Trinajstić information content (AvgIpc) is 3.18. The molecule has 1 aromatic carbocycles. The number of benzene rings is 1. The average molecular weight is 345 g/mol. The van der Waals surface area contributed by atoms with Crippen LogP contribution in [0.15, 0.2) is 21.5 Å². The van der Waals surface area contributed by atoms with E-state index in [0.717, 1.165) is 33.5 Å². The van der Waals surface area contributed by atoms with Crippen molar-refractivity contribution < 1.29 is 14.6 Å². The molecule has 0 aromatic heterocycles. The third-order valence-corrected chi connectivity index (χ3v) is 4.80. The van der Waals surface area contributed by atoms with Gasteiger partial charge in [0.25, 0.3) is 0 Å². The summed E-state index contributed by atoms with van der Waals surface area (Å²) in [4.78, 5) is 12.1. The first kappa shape index (κ1) is 14.7. The molecule has 1 aliphatic rings. The Balaban J connectivity index is 2.36. The van der Waals surface area contributed by atoms with Crippen molar-refractivity contribution in [2.45, 2.75) is 30.1 Å². The fraction of sp³-hybridized carbons (Fsp3) is 0.500. The minimum absolute atomic E-state index is 0.116. The number of rotatable bonds is 6. The summed E-state index contributed by atoms with van der Waals surface area (Å²) in [6.07, 6.45) is 4.47. The summed E-state index contributed by atoms with van der Waals surface area (Å²) in [5.41, 5.74) is 1.10. The van der Waals surface area contributed by atoms with E-state index in [1.807, 2.05) is 12.3 Å². The maximum atomic E-state index is 11.0. The third-order valence-electron chi connectivity index (χ3n) is 3.47. The van der Waals surface area contributed by atoms with Crippen LogP contribution in [0.3, 0.4) is 0 Å². The Morgan fingerprint density at radius 2 is 2.26 bits per heavy atom. The van der Waals surface area contributed by atoms with Gasteiger partial charge in [-0.3, -0.25) is 4.79 Å². The molecule has 1 saturated carbocycles. The molecule has 1 N–H and O–H groups in total. The van der Waals surface area contributed by atoms with Crippen molar-refractivity contribution >= 4 is 33.7 Å². The monoisotopic (exact) mass is 344 g/mol. The van der Waals surface area contributed by atoms with Crippen LogP contribution in [-0.4, -0.2) is 24.4 Å². The Bertz CT molecular complexity index is 486. The fourth-order valence-corrected chi connectivity index (χ4v) is 3.80. The molecule has 0 radical (unpaired) electrons. The van der Waals surface area contributed by atoms with E-state index in [1.54, 1.807) is 18.9 Å². The first-order chi connectivity index (χ1) is 9.06. The molecule has 1 fully saturated rings. The zero-order valence-electron chi connectivity index (χ0n) is 11.0. The van der Waals surface area contributed by atoms with Crippen LogP contribution in [0.25, 0.3) is 0 Å². The van der Waals surface area contributed by atoms with E-state index < -0.39 is 5.97 Å². The van der Waals surface area contributed by atoms with Crippen molar-refractivity contribution in [2.75, 3.05) is 13.4 Å². The second-order valence-electron chi connectivity index (χ2n) is 4.78. The Hall–Kier alpha value is -0.680. The molecule has 104 valence electrons. The fourth-order valence-electron chi connectivity index (χ4n) is 2.40. The molecule has 0 aliphatic heterocycles. The van der Waals surface area contributed by atoms with E-state index in [4.69, 9.17) is 9.84 Å². The first-order valence-corrected chi connectivity index (χ1v) is 8.21. The highest BCUT2D eigenvalue weighted by molar-refractivity contribution is 9.10. The number of carboxylic acid groups (broad SMARTS) is 1. The molecular weight excluding hydrogens is 328 g/mol. The van der Waals surface area contributed by atoms with E-state index in [2.05, 4.69) is 22.0 Å². The highest BCUT2D eigenvalue weighted by Gasteiger charge is 2.34. The molecule has 0 bridgehead atoms. The van der Waals surface area contributed by atoms with Crippen molar-refractivity contribution in [3.63, 3.8) is 0 Å². The van der Waals surface area contributed by atoms with Gasteiger partial charge in [0.05, 0.1) is 22.9 Å². The lowest BCUT2D eigenvalue weighted by atomic mass is 9.91. The van der Waals surface area contributed by atoms with Gasteiger partial charge in [0.2, 0.25) is 0 Å². The summed E-state index contributed by atoms with van der Waals surface area (Å²) < 4.78 is 6.27. The molecule has 0 heterocycles. The van der Waals surface area contributed by atoms with E-state index in [9.17, 15) is 4.79 Å². The number of carbonyl (C=O) groups is 1. The number of hydrogen-bond acceptors (Lipinski definition) is 3. The predicted molar refractivity (Wildman–Crippen MR) is 80.2 cm³/mol. The zero-order valence-corrected chi connectivity index (χ0v) is 13.4. The molecular formula is C14H17BrO3S.